The maximum Gasteiger partial charge on any atom is 0.308 e. The zero-order valence-electron chi connectivity index (χ0n) is 19.5. The molecule has 2 unspecified atom stereocenters. The molecular formula is C27H33NO4. The molecular weight excluding hydrogens is 402 g/mol. The van der Waals surface area contributed by atoms with Crippen LogP contribution in [-0.4, -0.2) is 28.9 Å². The van der Waals surface area contributed by atoms with Crippen LogP contribution >= 0.6 is 0 Å². The minimum absolute atomic E-state index is 0.104. The van der Waals surface area contributed by atoms with Crippen molar-refractivity contribution in [3.63, 3.8) is 0 Å². The van der Waals surface area contributed by atoms with E-state index in [4.69, 9.17) is 9.47 Å². The number of anilines is 1. The van der Waals surface area contributed by atoms with E-state index in [-0.39, 0.29) is 24.1 Å². The van der Waals surface area contributed by atoms with Crippen molar-refractivity contribution < 1.29 is 19.4 Å². The molecule has 1 saturated heterocycles. The number of fused-ring (bicyclic) bond motifs is 2. The largest absolute Gasteiger partial charge is 0.487 e. The number of benzene rings is 2. The Morgan fingerprint density at radius 1 is 1.12 bits per heavy atom. The van der Waals surface area contributed by atoms with Crippen molar-refractivity contribution in [2.24, 2.45) is 0 Å². The average molecular weight is 436 g/mol. The van der Waals surface area contributed by atoms with Gasteiger partial charge in [-0.15, -0.1) is 0 Å². The number of carbonyl (C=O) groups is 1. The third-order valence-corrected chi connectivity index (χ3v) is 7.25. The zero-order chi connectivity index (χ0) is 22.6. The summed E-state index contributed by atoms with van der Waals surface area (Å²) < 4.78 is 12.0. The van der Waals surface area contributed by atoms with Crippen molar-refractivity contribution in [3.05, 3.63) is 57.6 Å². The van der Waals surface area contributed by atoms with Gasteiger partial charge in [-0.05, 0) is 68.4 Å². The van der Waals surface area contributed by atoms with E-state index in [9.17, 15) is 9.90 Å². The van der Waals surface area contributed by atoms with Crippen LogP contribution in [0.4, 0.5) is 5.69 Å². The van der Waals surface area contributed by atoms with Crippen molar-refractivity contribution in [3.8, 4) is 5.75 Å². The smallest absolute Gasteiger partial charge is 0.308 e. The lowest BCUT2D eigenvalue weighted by molar-refractivity contribution is -0.160. The molecule has 170 valence electrons. The molecule has 3 aliphatic rings. The Hall–Kier alpha value is -2.53. The van der Waals surface area contributed by atoms with Crippen LogP contribution in [0.25, 0.3) is 0 Å². The fraction of sp³-hybridized carbons (Fsp3) is 0.519. The molecule has 1 N–H and O–H groups in total. The molecule has 0 spiro atoms. The number of rotatable bonds is 4. The maximum atomic E-state index is 11.8. The molecule has 0 amide bonds. The van der Waals surface area contributed by atoms with Gasteiger partial charge in [-0.2, -0.15) is 0 Å². The molecule has 0 bridgehead atoms. The molecule has 0 aromatic heterocycles. The molecule has 2 atom stereocenters. The molecule has 5 heteroatoms. The van der Waals surface area contributed by atoms with Crippen molar-refractivity contribution in [1.29, 1.82) is 0 Å². The van der Waals surface area contributed by atoms with Gasteiger partial charge >= 0.3 is 5.97 Å². The molecule has 32 heavy (non-hydrogen) atoms. The third kappa shape index (κ3) is 3.77. The van der Waals surface area contributed by atoms with Crippen molar-refractivity contribution in [2.75, 3.05) is 4.90 Å². The van der Waals surface area contributed by atoms with Gasteiger partial charge in [0.2, 0.25) is 0 Å². The number of hydrogen-bond acceptors (Lipinski definition) is 5. The van der Waals surface area contributed by atoms with Crippen LogP contribution in [0, 0.1) is 13.8 Å². The predicted molar refractivity (Wildman–Crippen MR) is 124 cm³/mol. The topological polar surface area (TPSA) is 59.0 Å². The highest BCUT2D eigenvalue weighted by Crippen LogP contribution is 2.47. The Morgan fingerprint density at radius 2 is 1.81 bits per heavy atom. The number of carbonyl (C=O) groups excluding carboxylic acids is 1. The molecule has 2 aromatic rings. The Bertz CT molecular complexity index is 1050. The molecule has 0 radical (unpaired) electrons. The molecule has 0 saturated carbocycles. The second-order valence-electron chi connectivity index (χ2n) is 10.3. The minimum atomic E-state index is -0.597. The number of aliphatic hydroxyl groups is 1. The first-order valence-corrected chi connectivity index (χ1v) is 11.7. The van der Waals surface area contributed by atoms with E-state index in [0.29, 0.717) is 12.8 Å². The lowest BCUT2D eigenvalue weighted by atomic mass is 9.89. The summed E-state index contributed by atoms with van der Waals surface area (Å²) in [6.07, 6.45) is 2.14. The zero-order valence-corrected chi connectivity index (χ0v) is 19.5. The highest BCUT2D eigenvalue weighted by molar-refractivity contribution is 5.72. The van der Waals surface area contributed by atoms with Gasteiger partial charge in [0.05, 0.1) is 12.5 Å². The first-order valence-electron chi connectivity index (χ1n) is 11.7. The summed E-state index contributed by atoms with van der Waals surface area (Å²) in [7, 11) is 0. The monoisotopic (exact) mass is 435 g/mol. The maximum absolute atomic E-state index is 11.8. The Kier molecular flexibility index (Phi) is 5.20. The molecule has 3 aliphatic heterocycles. The van der Waals surface area contributed by atoms with Crippen molar-refractivity contribution >= 4 is 11.7 Å². The SMILES string of the molecule is Cc1c(CCC2CC(O)CC(=O)O2)c2c(c(C)c1N1Cc3ccccc3C1)CC(C)(C)O2. The fourth-order valence-corrected chi connectivity index (χ4v) is 5.77. The van der Waals surface area contributed by atoms with Crippen LogP contribution in [0.2, 0.25) is 0 Å². The molecule has 5 nitrogen and oxygen atoms in total. The number of aliphatic hydroxyl groups excluding tert-OH is 1. The van der Waals surface area contributed by atoms with Gasteiger partial charge in [0, 0.05) is 37.2 Å². The van der Waals surface area contributed by atoms with Gasteiger partial charge in [0.15, 0.2) is 0 Å². The van der Waals surface area contributed by atoms with Gasteiger partial charge in [-0.25, -0.2) is 0 Å². The quantitative estimate of drug-likeness (QED) is 0.715. The van der Waals surface area contributed by atoms with E-state index in [1.54, 1.807) is 0 Å². The summed E-state index contributed by atoms with van der Waals surface area (Å²) in [5.41, 5.74) is 8.99. The van der Waals surface area contributed by atoms with E-state index in [1.807, 2.05) is 0 Å². The summed E-state index contributed by atoms with van der Waals surface area (Å²) in [5, 5.41) is 10.0. The van der Waals surface area contributed by atoms with E-state index < -0.39 is 6.10 Å². The van der Waals surface area contributed by atoms with Gasteiger partial charge in [0.1, 0.15) is 17.5 Å². The predicted octanol–water partition coefficient (Wildman–Crippen LogP) is 4.54. The van der Waals surface area contributed by atoms with E-state index in [1.165, 1.54) is 39.1 Å². The van der Waals surface area contributed by atoms with Crippen LogP contribution in [0.5, 0.6) is 5.75 Å². The lowest BCUT2D eigenvalue weighted by Crippen LogP contribution is -2.32. The summed E-state index contributed by atoms with van der Waals surface area (Å²) in [5.74, 6) is 0.723. The highest BCUT2D eigenvalue weighted by atomic mass is 16.5. The number of nitrogens with zero attached hydrogens (tertiary/aromatic N) is 1. The van der Waals surface area contributed by atoms with E-state index >= 15 is 0 Å². The highest BCUT2D eigenvalue weighted by Gasteiger charge is 2.37. The second kappa shape index (κ2) is 7.80. The average Bonchev–Trinajstić information content (AvgIpc) is 3.27. The summed E-state index contributed by atoms with van der Waals surface area (Å²) >= 11 is 0. The summed E-state index contributed by atoms with van der Waals surface area (Å²) in [6, 6.07) is 8.69. The van der Waals surface area contributed by atoms with Crippen LogP contribution in [-0.2, 0) is 35.5 Å². The fourth-order valence-electron chi connectivity index (χ4n) is 5.77. The molecule has 5 rings (SSSR count). The van der Waals surface area contributed by atoms with Gasteiger partial charge < -0.3 is 19.5 Å². The first kappa shape index (κ1) is 21.3. The summed E-state index contributed by atoms with van der Waals surface area (Å²) in [4.78, 5) is 14.3. The normalized spacial score (nSPS) is 23.5. The number of esters is 1. The van der Waals surface area contributed by atoms with Crippen LogP contribution in [0.1, 0.15) is 66.5 Å². The standard InChI is InChI=1S/C27H33NO4/c1-16-22(10-9-21-11-20(29)12-24(30)31-21)26-23(13-27(3,4)32-26)17(2)25(16)28-14-18-7-5-6-8-19(18)15-28/h5-8,20-21,29H,9-15H2,1-4H3. The van der Waals surface area contributed by atoms with Gasteiger partial charge in [-0.3, -0.25) is 4.79 Å². The Labute approximate surface area is 190 Å². The minimum Gasteiger partial charge on any atom is -0.487 e. The molecule has 2 aromatic carbocycles. The van der Waals surface area contributed by atoms with Crippen LogP contribution in [0.3, 0.4) is 0 Å². The van der Waals surface area contributed by atoms with Gasteiger partial charge in [-0.1, -0.05) is 24.3 Å². The number of hydrogen-bond donors (Lipinski definition) is 1. The third-order valence-electron chi connectivity index (χ3n) is 7.25. The molecule has 3 heterocycles. The number of cyclic esters (lactones) is 1. The first-order chi connectivity index (χ1) is 15.2. The lowest BCUT2D eigenvalue weighted by Gasteiger charge is -2.29. The second-order valence-corrected chi connectivity index (χ2v) is 10.3. The van der Waals surface area contributed by atoms with Crippen LogP contribution < -0.4 is 9.64 Å². The van der Waals surface area contributed by atoms with Crippen LogP contribution in [0.15, 0.2) is 24.3 Å². The Morgan fingerprint density at radius 3 is 2.47 bits per heavy atom. The molecule has 1 fully saturated rings. The van der Waals surface area contributed by atoms with Crippen molar-refractivity contribution in [2.45, 2.75) is 90.7 Å². The van der Waals surface area contributed by atoms with Gasteiger partial charge in [0.25, 0.3) is 0 Å². The van der Waals surface area contributed by atoms with Crippen molar-refractivity contribution in [1.82, 2.24) is 0 Å². The molecule has 0 aliphatic carbocycles. The Balaban J connectivity index is 1.50. The van der Waals surface area contributed by atoms with E-state index in [2.05, 4.69) is 56.9 Å². The number of ether oxygens (including phenoxy) is 2. The van der Waals surface area contributed by atoms with E-state index in [0.717, 1.165) is 31.7 Å². The summed E-state index contributed by atoms with van der Waals surface area (Å²) in [6.45, 7) is 10.6.